The first-order chi connectivity index (χ1) is 10.6. The lowest BCUT2D eigenvalue weighted by Crippen LogP contribution is -2.32. The molecule has 136 valence electrons. The number of hydrogen-bond acceptors (Lipinski definition) is 1. The first kappa shape index (κ1) is 20.7. The van der Waals surface area contributed by atoms with Gasteiger partial charge in [0.05, 0.1) is 5.56 Å². The smallest absolute Gasteiger partial charge is 0.299 e. The van der Waals surface area contributed by atoms with Crippen LogP contribution in [-0.2, 0) is 17.4 Å². The van der Waals surface area contributed by atoms with Gasteiger partial charge < -0.3 is 0 Å². The second kappa shape index (κ2) is 6.89. The van der Waals surface area contributed by atoms with Gasteiger partial charge in [-0.1, -0.05) is 47.6 Å². The fraction of sp³-hybridized carbons (Fsp3) is 0.650. The summed E-state index contributed by atoms with van der Waals surface area (Å²) in [6.45, 7) is 13.6. The van der Waals surface area contributed by atoms with E-state index in [0.29, 0.717) is 18.4 Å². The summed E-state index contributed by atoms with van der Waals surface area (Å²) < 4.78 is 38.4. The minimum Gasteiger partial charge on any atom is -0.299 e. The molecule has 1 aromatic carbocycles. The Morgan fingerprint density at radius 2 is 1.58 bits per heavy atom. The van der Waals surface area contributed by atoms with Gasteiger partial charge in [-0.2, -0.15) is 13.2 Å². The van der Waals surface area contributed by atoms with Crippen LogP contribution in [0.25, 0.3) is 0 Å². The fourth-order valence-corrected chi connectivity index (χ4v) is 2.98. The lowest BCUT2D eigenvalue weighted by molar-refractivity contribution is -0.137. The number of alkyl halides is 3. The van der Waals surface area contributed by atoms with Crippen molar-refractivity contribution in [1.29, 1.82) is 0 Å². The summed E-state index contributed by atoms with van der Waals surface area (Å²) in [5.74, 6) is -0.0304. The third-order valence-electron chi connectivity index (χ3n) is 4.10. The topological polar surface area (TPSA) is 17.1 Å². The molecule has 1 atom stereocenters. The first-order valence-corrected chi connectivity index (χ1v) is 8.32. The van der Waals surface area contributed by atoms with Crippen LogP contribution in [0.1, 0.15) is 64.7 Å². The Kier molecular flexibility index (Phi) is 5.95. The summed E-state index contributed by atoms with van der Waals surface area (Å²) in [6.07, 6.45) is -3.14. The van der Waals surface area contributed by atoms with Crippen molar-refractivity contribution in [3.05, 3.63) is 34.9 Å². The van der Waals surface area contributed by atoms with Crippen molar-refractivity contribution in [1.82, 2.24) is 0 Å². The van der Waals surface area contributed by atoms with E-state index in [1.807, 2.05) is 20.8 Å². The van der Waals surface area contributed by atoms with E-state index < -0.39 is 17.2 Å². The van der Waals surface area contributed by atoms with Crippen molar-refractivity contribution in [3.63, 3.8) is 0 Å². The number of ketones is 1. The van der Waals surface area contributed by atoms with Crippen LogP contribution in [0.2, 0.25) is 0 Å². The molecule has 0 spiro atoms. The highest BCUT2D eigenvalue weighted by molar-refractivity contribution is 5.86. The molecule has 0 N–H and O–H groups in total. The number of halogens is 3. The number of aryl methyl sites for hydroxylation is 1. The molecule has 0 saturated heterocycles. The van der Waals surface area contributed by atoms with Crippen LogP contribution in [0.3, 0.4) is 0 Å². The van der Waals surface area contributed by atoms with Crippen molar-refractivity contribution in [2.45, 2.75) is 67.5 Å². The van der Waals surface area contributed by atoms with Gasteiger partial charge in [0.25, 0.3) is 0 Å². The van der Waals surface area contributed by atoms with Crippen LogP contribution in [0.5, 0.6) is 0 Å². The number of carbonyl (C=O) groups excluding carboxylic acids is 1. The molecule has 0 aromatic heterocycles. The molecule has 0 aliphatic heterocycles. The van der Waals surface area contributed by atoms with Crippen LogP contribution in [-0.4, -0.2) is 5.78 Å². The molecular formula is C20H29F3O. The van der Waals surface area contributed by atoms with Gasteiger partial charge in [-0.3, -0.25) is 4.79 Å². The van der Waals surface area contributed by atoms with Crippen LogP contribution in [0.15, 0.2) is 18.2 Å². The van der Waals surface area contributed by atoms with Crippen LogP contribution in [0.4, 0.5) is 13.2 Å². The zero-order valence-corrected chi connectivity index (χ0v) is 15.8. The average molecular weight is 342 g/mol. The van der Waals surface area contributed by atoms with Crippen LogP contribution < -0.4 is 0 Å². The number of benzene rings is 1. The normalized spacial score (nSPS) is 14.6. The first-order valence-electron chi connectivity index (χ1n) is 8.32. The predicted octanol–water partition coefficient (Wildman–Crippen LogP) is 6.22. The van der Waals surface area contributed by atoms with Crippen molar-refractivity contribution < 1.29 is 18.0 Å². The molecular weight excluding hydrogens is 313 g/mol. The van der Waals surface area contributed by atoms with Crippen molar-refractivity contribution >= 4 is 5.78 Å². The van der Waals surface area contributed by atoms with Crippen molar-refractivity contribution in [3.8, 4) is 0 Å². The Labute approximate surface area is 143 Å². The Hall–Kier alpha value is -1.32. The Balaban J connectivity index is 3.13. The minimum absolute atomic E-state index is 0.0224. The summed E-state index contributed by atoms with van der Waals surface area (Å²) in [5, 5.41) is 0. The lowest BCUT2D eigenvalue weighted by Gasteiger charge is -2.30. The van der Waals surface area contributed by atoms with Gasteiger partial charge in [-0.25, -0.2) is 0 Å². The summed E-state index contributed by atoms with van der Waals surface area (Å²) in [5.41, 5.74) is 0.278. The second-order valence-electron chi connectivity index (χ2n) is 8.92. The van der Waals surface area contributed by atoms with Gasteiger partial charge in [0, 0.05) is 11.3 Å². The Morgan fingerprint density at radius 1 is 1.04 bits per heavy atom. The molecule has 4 heteroatoms. The van der Waals surface area contributed by atoms with E-state index >= 15 is 0 Å². The quantitative estimate of drug-likeness (QED) is 0.634. The van der Waals surface area contributed by atoms with Gasteiger partial charge in [0.1, 0.15) is 5.78 Å². The molecule has 0 saturated carbocycles. The molecule has 0 amide bonds. The molecule has 0 radical (unpaired) electrons. The van der Waals surface area contributed by atoms with Crippen LogP contribution >= 0.6 is 0 Å². The second-order valence-corrected chi connectivity index (χ2v) is 8.92. The van der Waals surface area contributed by atoms with Crippen molar-refractivity contribution in [2.24, 2.45) is 16.7 Å². The third-order valence-corrected chi connectivity index (χ3v) is 4.10. The highest BCUT2D eigenvalue weighted by atomic mass is 19.4. The maximum absolute atomic E-state index is 12.8. The average Bonchev–Trinajstić information content (AvgIpc) is 2.35. The summed E-state index contributed by atoms with van der Waals surface area (Å²) in [7, 11) is 0. The van der Waals surface area contributed by atoms with Gasteiger partial charge in [-0.15, -0.1) is 0 Å². The third kappa shape index (κ3) is 5.95. The summed E-state index contributed by atoms with van der Waals surface area (Å²) in [6, 6.07) is 3.80. The molecule has 1 nitrogen and oxygen atoms in total. The number of rotatable bonds is 4. The lowest BCUT2D eigenvalue weighted by atomic mass is 9.73. The van der Waals surface area contributed by atoms with E-state index in [2.05, 4.69) is 20.8 Å². The fourth-order valence-electron chi connectivity index (χ4n) is 2.98. The van der Waals surface area contributed by atoms with Gasteiger partial charge >= 0.3 is 6.18 Å². The van der Waals surface area contributed by atoms with Gasteiger partial charge in [-0.05, 0) is 48.4 Å². The standard InChI is InChI=1S/C20H29F3O/c1-13-10-16(20(21,22)23)9-8-14(13)11-15(12-18(2,3)4)17(24)19(5,6)7/h8-10,15H,11-12H2,1-7H3. The highest BCUT2D eigenvalue weighted by Gasteiger charge is 2.34. The predicted molar refractivity (Wildman–Crippen MR) is 91.9 cm³/mol. The van der Waals surface area contributed by atoms with E-state index in [4.69, 9.17) is 0 Å². The molecule has 0 heterocycles. The van der Waals surface area contributed by atoms with Gasteiger partial charge in [0.2, 0.25) is 0 Å². The molecule has 0 aliphatic rings. The number of Topliss-reactive ketones (excluding diaryl/α,β-unsaturated/α-hetero) is 1. The maximum Gasteiger partial charge on any atom is 0.416 e. The zero-order chi connectivity index (χ0) is 18.9. The zero-order valence-electron chi connectivity index (χ0n) is 15.8. The highest BCUT2D eigenvalue weighted by Crippen LogP contribution is 2.34. The monoisotopic (exact) mass is 342 g/mol. The summed E-state index contributed by atoms with van der Waals surface area (Å²) in [4.78, 5) is 12.8. The van der Waals surface area contributed by atoms with E-state index in [-0.39, 0.29) is 17.1 Å². The molecule has 1 aromatic rings. The molecule has 0 fully saturated rings. The van der Waals surface area contributed by atoms with Gasteiger partial charge in [0.15, 0.2) is 0 Å². The molecule has 1 unspecified atom stereocenters. The van der Waals surface area contributed by atoms with Crippen molar-refractivity contribution in [2.75, 3.05) is 0 Å². The molecule has 0 aliphatic carbocycles. The maximum atomic E-state index is 12.8. The Morgan fingerprint density at radius 3 is 1.96 bits per heavy atom. The SMILES string of the molecule is Cc1cc(C(F)(F)F)ccc1CC(CC(C)(C)C)C(=O)C(C)(C)C. The largest absolute Gasteiger partial charge is 0.416 e. The molecule has 0 bridgehead atoms. The van der Waals surface area contributed by atoms with E-state index in [9.17, 15) is 18.0 Å². The van der Waals surface area contributed by atoms with E-state index in [1.54, 1.807) is 6.92 Å². The number of hydrogen-bond donors (Lipinski definition) is 0. The van der Waals surface area contributed by atoms with E-state index in [1.165, 1.54) is 12.1 Å². The summed E-state index contributed by atoms with van der Waals surface area (Å²) >= 11 is 0. The molecule has 24 heavy (non-hydrogen) atoms. The Bertz CT molecular complexity index is 586. The minimum atomic E-state index is -4.34. The van der Waals surface area contributed by atoms with E-state index in [0.717, 1.165) is 11.6 Å². The number of carbonyl (C=O) groups is 1. The van der Waals surface area contributed by atoms with Crippen LogP contribution in [0, 0.1) is 23.7 Å². The molecule has 1 rings (SSSR count).